The Morgan fingerprint density at radius 3 is 2.57 bits per heavy atom. The summed E-state index contributed by atoms with van der Waals surface area (Å²) in [6.07, 6.45) is 13.4. The van der Waals surface area contributed by atoms with Crippen molar-refractivity contribution in [3.63, 3.8) is 0 Å². The molecule has 3 fully saturated rings. The Morgan fingerprint density at radius 2 is 1.80 bits per heavy atom. The molecule has 8 atom stereocenters. The van der Waals surface area contributed by atoms with Gasteiger partial charge in [0.15, 0.2) is 0 Å². The highest BCUT2D eigenvalue weighted by molar-refractivity contribution is 5.89. The summed E-state index contributed by atoms with van der Waals surface area (Å²) in [5.41, 5.74) is 2.16. The molecule has 0 aromatic heterocycles. The molecule has 1 aromatic carbocycles. The third-order valence-electron chi connectivity index (χ3n) is 10.3. The Balaban J connectivity index is 1.38. The van der Waals surface area contributed by atoms with Crippen molar-refractivity contribution in [3.8, 4) is 0 Å². The molecule has 4 aliphatic rings. The highest BCUT2D eigenvalue weighted by atomic mass is 16.2. The molecule has 0 radical (unpaired) electrons. The summed E-state index contributed by atoms with van der Waals surface area (Å²) in [6.45, 7) is 7.62. The normalized spacial score (nSPS) is 43.7. The van der Waals surface area contributed by atoms with E-state index in [2.05, 4.69) is 57.2 Å². The van der Waals surface area contributed by atoms with Crippen LogP contribution in [0.1, 0.15) is 64.9 Å². The Bertz CT molecular complexity index is 830. The predicted octanol–water partition coefficient (Wildman–Crippen LogP) is 6.12. The lowest BCUT2D eigenvalue weighted by Crippen LogP contribution is -2.59. The Morgan fingerprint density at radius 1 is 1.03 bits per heavy atom. The number of hydrogen-bond donors (Lipinski definition) is 0. The molecule has 2 unspecified atom stereocenters. The second kappa shape index (κ2) is 7.24. The molecule has 1 heterocycles. The molecule has 0 bridgehead atoms. The average Bonchev–Trinajstić information content (AvgIpc) is 3.09. The van der Waals surface area contributed by atoms with Crippen LogP contribution in [0.25, 0.3) is 0 Å². The number of amides is 1. The molecule has 1 aromatic rings. The van der Waals surface area contributed by atoms with Gasteiger partial charge in [-0.1, -0.05) is 57.2 Å². The van der Waals surface area contributed by atoms with Crippen LogP contribution in [-0.4, -0.2) is 23.9 Å². The van der Waals surface area contributed by atoms with E-state index < -0.39 is 0 Å². The van der Waals surface area contributed by atoms with Crippen molar-refractivity contribution in [3.05, 3.63) is 48.0 Å². The fourth-order valence-corrected chi connectivity index (χ4v) is 8.84. The first-order valence-corrected chi connectivity index (χ1v) is 12.3. The fraction of sp³-hybridized carbons (Fsp3) is 0.679. The number of fused-ring (bicyclic) bond motifs is 5. The molecule has 0 spiro atoms. The van der Waals surface area contributed by atoms with Crippen LogP contribution in [0, 0.1) is 40.4 Å². The van der Waals surface area contributed by atoms with Gasteiger partial charge in [0.25, 0.3) is 0 Å². The number of carbonyl (C=O) groups is 1. The molecule has 0 N–H and O–H groups in total. The zero-order valence-corrected chi connectivity index (χ0v) is 19.3. The SMILES string of the molecule is CC(Cc1ccccc1)[C@H]1CC[C@H]2[C@@H]3CCC4N(C)C(=O)C=C[C@]4(C)[C@H]3CC[C@]12C. The Kier molecular flexibility index (Phi) is 4.91. The highest BCUT2D eigenvalue weighted by Gasteiger charge is 2.60. The van der Waals surface area contributed by atoms with Crippen molar-refractivity contribution in [2.24, 2.45) is 40.4 Å². The van der Waals surface area contributed by atoms with Gasteiger partial charge < -0.3 is 4.90 Å². The predicted molar refractivity (Wildman–Crippen MR) is 123 cm³/mol. The summed E-state index contributed by atoms with van der Waals surface area (Å²) in [5.74, 6) is 4.25. The number of carbonyl (C=O) groups excluding carboxylic acids is 1. The van der Waals surface area contributed by atoms with Gasteiger partial charge in [0.05, 0.1) is 0 Å². The van der Waals surface area contributed by atoms with Crippen molar-refractivity contribution in [1.82, 2.24) is 4.90 Å². The van der Waals surface area contributed by atoms with Crippen LogP contribution in [0.3, 0.4) is 0 Å². The van der Waals surface area contributed by atoms with E-state index in [4.69, 9.17) is 0 Å². The second-order valence-corrected chi connectivity index (χ2v) is 11.5. The first-order chi connectivity index (χ1) is 14.3. The average molecular weight is 406 g/mol. The summed E-state index contributed by atoms with van der Waals surface area (Å²) < 4.78 is 0. The molecule has 1 aliphatic heterocycles. The first-order valence-electron chi connectivity index (χ1n) is 12.3. The van der Waals surface area contributed by atoms with E-state index in [1.165, 1.54) is 50.5 Å². The molecule has 162 valence electrons. The molecular formula is C28H39NO. The van der Waals surface area contributed by atoms with E-state index in [1.807, 2.05) is 18.0 Å². The molecular weight excluding hydrogens is 366 g/mol. The summed E-state index contributed by atoms with van der Waals surface area (Å²) in [5, 5.41) is 0. The molecule has 2 heteroatoms. The quantitative estimate of drug-likeness (QED) is 0.593. The van der Waals surface area contributed by atoms with Crippen LogP contribution in [0.2, 0.25) is 0 Å². The van der Waals surface area contributed by atoms with Gasteiger partial charge in [0, 0.05) is 18.5 Å². The second-order valence-electron chi connectivity index (χ2n) is 11.5. The zero-order chi connectivity index (χ0) is 21.1. The molecule has 2 nitrogen and oxygen atoms in total. The van der Waals surface area contributed by atoms with E-state index in [1.54, 1.807) is 0 Å². The van der Waals surface area contributed by atoms with E-state index in [0.717, 1.165) is 29.6 Å². The van der Waals surface area contributed by atoms with E-state index in [-0.39, 0.29) is 11.3 Å². The van der Waals surface area contributed by atoms with Crippen molar-refractivity contribution < 1.29 is 4.79 Å². The smallest absolute Gasteiger partial charge is 0.246 e. The summed E-state index contributed by atoms with van der Waals surface area (Å²) >= 11 is 0. The molecule has 3 aliphatic carbocycles. The third kappa shape index (κ3) is 2.93. The zero-order valence-electron chi connectivity index (χ0n) is 19.3. The van der Waals surface area contributed by atoms with Gasteiger partial charge in [0.2, 0.25) is 5.91 Å². The maximum absolute atomic E-state index is 12.3. The highest BCUT2D eigenvalue weighted by Crippen LogP contribution is 2.66. The fourth-order valence-electron chi connectivity index (χ4n) is 8.84. The summed E-state index contributed by atoms with van der Waals surface area (Å²) in [7, 11) is 2.03. The van der Waals surface area contributed by atoms with Gasteiger partial charge in [-0.05, 0) is 91.6 Å². The molecule has 3 saturated carbocycles. The maximum atomic E-state index is 12.3. The monoisotopic (exact) mass is 405 g/mol. The van der Waals surface area contributed by atoms with Crippen LogP contribution < -0.4 is 0 Å². The minimum atomic E-state index is 0.167. The Hall–Kier alpha value is -1.57. The summed E-state index contributed by atoms with van der Waals surface area (Å²) in [4.78, 5) is 14.3. The van der Waals surface area contributed by atoms with Crippen molar-refractivity contribution in [2.45, 2.75) is 71.8 Å². The number of nitrogens with zero attached hydrogens (tertiary/aromatic N) is 1. The van der Waals surface area contributed by atoms with E-state index >= 15 is 0 Å². The van der Waals surface area contributed by atoms with Crippen molar-refractivity contribution in [2.75, 3.05) is 7.05 Å². The largest absolute Gasteiger partial charge is 0.338 e. The van der Waals surface area contributed by atoms with E-state index in [0.29, 0.717) is 11.5 Å². The number of likely N-dealkylation sites (N-methyl/N-ethyl adjacent to an activating group) is 1. The summed E-state index contributed by atoms with van der Waals surface area (Å²) in [6, 6.07) is 11.5. The molecule has 5 rings (SSSR count). The van der Waals surface area contributed by atoms with Crippen molar-refractivity contribution in [1.29, 1.82) is 0 Å². The topological polar surface area (TPSA) is 20.3 Å². The van der Waals surface area contributed by atoms with Gasteiger partial charge in [-0.25, -0.2) is 0 Å². The molecule has 30 heavy (non-hydrogen) atoms. The van der Waals surface area contributed by atoms with Gasteiger partial charge in [-0.2, -0.15) is 0 Å². The maximum Gasteiger partial charge on any atom is 0.246 e. The van der Waals surface area contributed by atoms with Crippen LogP contribution in [-0.2, 0) is 11.2 Å². The third-order valence-corrected chi connectivity index (χ3v) is 10.3. The lowest BCUT2D eigenvalue weighted by molar-refractivity contribution is -0.139. The van der Waals surface area contributed by atoms with Gasteiger partial charge in [0.1, 0.15) is 0 Å². The number of rotatable bonds is 3. The minimum Gasteiger partial charge on any atom is -0.338 e. The van der Waals surface area contributed by atoms with Crippen LogP contribution >= 0.6 is 0 Å². The first kappa shape index (κ1) is 20.3. The van der Waals surface area contributed by atoms with E-state index in [9.17, 15) is 4.79 Å². The lowest BCUT2D eigenvalue weighted by Gasteiger charge is -2.60. The van der Waals surface area contributed by atoms with Gasteiger partial charge in [-0.15, -0.1) is 0 Å². The van der Waals surface area contributed by atoms with Crippen LogP contribution in [0.5, 0.6) is 0 Å². The minimum absolute atomic E-state index is 0.167. The standard InChI is InChI=1S/C28H39NO/c1-19(18-20-8-6-5-7-9-20)22-11-12-23-21-10-13-25-28(3,17-15-26(30)29(25)4)24(21)14-16-27(22,23)2/h5-9,15,17,19,21-25H,10-14,16,18H2,1-4H3/t19?,21-,22+,23-,24-,25?,27+,28+/m0/s1. The molecule has 0 saturated heterocycles. The lowest BCUT2D eigenvalue weighted by atomic mass is 9.47. The van der Waals surface area contributed by atoms with Gasteiger partial charge >= 0.3 is 0 Å². The molecule has 1 amide bonds. The van der Waals surface area contributed by atoms with Crippen LogP contribution in [0.15, 0.2) is 42.5 Å². The Labute approximate surface area is 183 Å². The van der Waals surface area contributed by atoms with Crippen molar-refractivity contribution >= 4 is 5.91 Å². The number of hydrogen-bond acceptors (Lipinski definition) is 1. The number of benzene rings is 1. The van der Waals surface area contributed by atoms with Crippen LogP contribution in [0.4, 0.5) is 0 Å². The van der Waals surface area contributed by atoms with Gasteiger partial charge in [-0.3, -0.25) is 4.79 Å².